The first-order valence-corrected chi connectivity index (χ1v) is 11.4. The van der Waals surface area contributed by atoms with Gasteiger partial charge in [0, 0.05) is 34.5 Å². The molecule has 0 heterocycles. The zero-order valence-electron chi connectivity index (χ0n) is 18.6. The minimum atomic E-state index is -0.467. The lowest BCUT2D eigenvalue weighted by atomic mass is 10.2. The van der Waals surface area contributed by atoms with Gasteiger partial charge in [-0.2, -0.15) is 4.99 Å². The molecule has 0 fully saturated rings. The van der Waals surface area contributed by atoms with E-state index in [-0.39, 0.29) is 17.9 Å². The third-order valence-electron chi connectivity index (χ3n) is 4.32. The van der Waals surface area contributed by atoms with Crippen molar-refractivity contribution in [1.82, 2.24) is 5.32 Å². The first-order valence-electron chi connectivity index (χ1n) is 10.6. The van der Waals surface area contributed by atoms with E-state index in [1.165, 1.54) is 0 Å². The topological polar surface area (TPSA) is 168 Å². The minimum absolute atomic E-state index is 0.0616. The monoisotopic (exact) mass is 505 g/mol. The normalized spacial score (nSPS) is 12.4. The SMILES string of the molecule is NC(=NCCCCCCN=C(N)NC(=O)Nc1ccc(Cl)cc1)/N=C(\N)Nc1ccc(Cl)cc1. The second kappa shape index (κ2) is 14.6. The molecular weight excluding hydrogens is 477 g/mol. The highest BCUT2D eigenvalue weighted by Gasteiger charge is 2.03. The number of nitrogens with zero attached hydrogens (tertiary/aromatic N) is 3. The van der Waals surface area contributed by atoms with Crippen LogP contribution in [-0.2, 0) is 0 Å². The smallest absolute Gasteiger partial charge is 0.325 e. The van der Waals surface area contributed by atoms with E-state index in [2.05, 4.69) is 30.9 Å². The van der Waals surface area contributed by atoms with Gasteiger partial charge in [-0.3, -0.25) is 15.3 Å². The van der Waals surface area contributed by atoms with E-state index < -0.39 is 6.03 Å². The molecule has 0 unspecified atom stereocenters. The molecule has 0 bridgehead atoms. The quantitative estimate of drug-likeness (QED) is 0.173. The Labute approximate surface area is 208 Å². The lowest BCUT2D eigenvalue weighted by molar-refractivity contribution is 0.256. The number of nitrogens with one attached hydrogen (secondary N) is 3. The number of unbranched alkanes of at least 4 members (excludes halogenated alkanes) is 3. The number of guanidine groups is 3. The third kappa shape index (κ3) is 11.4. The van der Waals surface area contributed by atoms with Gasteiger partial charge in [0.25, 0.3) is 0 Å². The molecule has 0 aliphatic carbocycles. The lowest BCUT2D eigenvalue weighted by Gasteiger charge is -2.07. The number of nitrogens with two attached hydrogens (primary N) is 3. The van der Waals surface area contributed by atoms with Crippen molar-refractivity contribution in [2.75, 3.05) is 23.7 Å². The van der Waals surface area contributed by atoms with Gasteiger partial charge in [0.1, 0.15) is 0 Å². The van der Waals surface area contributed by atoms with Crippen molar-refractivity contribution in [3.8, 4) is 0 Å². The predicted octanol–water partition coefficient (Wildman–Crippen LogP) is 3.73. The van der Waals surface area contributed by atoms with Crippen molar-refractivity contribution in [3.63, 3.8) is 0 Å². The highest BCUT2D eigenvalue weighted by atomic mass is 35.5. The highest BCUT2D eigenvalue weighted by molar-refractivity contribution is 6.31. The summed E-state index contributed by atoms with van der Waals surface area (Å²) in [5.41, 5.74) is 18.7. The van der Waals surface area contributed by atoms with Crippen LogP contribution in [0, 0.1) is 0 Å². The van der Waals surface area contributed by atoms with Crippen molar-refractivity contribution in [1.29, 1.82) is 0 Å². The number of hydrogen-bond donors (Lipinski definition) is 6. The molecular formula is C22H29Cl2N9O. The van der Waals surface area contributed by atoms with Gasteiger partial charge >= 0.3 is 6.03 Å². The number of hydrogen-bond acceptors (Lipinski definition) is 3. The number of carbonyl (C=O) groups excluding carboxylic acids is 1. The maximum atomic E-state index is 11.9. The molecule has 0 aliphatic rings. The summed E-state index contributed by atoms with van der Waals surface area (Å²) < 4.78 is 0. The molecule has 12 heteroatoms. The van der Waals surface area contributed by atoms with Crippen molar-refractivity contribution >= 4 is 58.5 Å². The molecule has 2 aromatic rings. The van der Waals surface area contributed by atoms with Crippen molar-refractivity contribution in [3.05, 3.63) is 58.6 Å². The summed E-state index contributed by atoms with van der Waals surface area (Å²) in [4.78, 5) is 24.2. The number of halogens is 2. The summed E-state index contributed by atoms with van der Waals surface area (Å²) in [5.74, 6) is 0.320. The molecule has 182 valence electrons. The number of carbonyl (C=O) groups is 1. The number of aliphatic imine (C=N–C) groups is 3. The molecule has 2 aromatic carbocycles. The maximum absolute atomic E-state index is 11.9. The summed E-state index contributed by atoms with van der Waals surface area (Å²) in [7, 11) is 0. The van der Waals surface area contributed by atoms with Gasteiger partial charge in [0.2, 0.25) is 11.9 Å². The highest BCUT2D eigenvalue weighted by Crippen LogP contribution is 2.13. The average molecular weight is 506 g/mol. The van der Waals surface area contributed by atoms with Gasteiger partial charge in [0.15, 0.2) is 5.96 Å². The predicted molar refractivity (Wildman–Crippen MR) is 142 cm³/mol. The van der Waals surface area contributed by atoms with Crippen LogP contribution in [0.2, 0.25) is 10.0 Å². The van der Waals surface area contributed by atoms with Crippen LogP contribution in [0.4, 0.5) is 16.2 Å². The Morgan fingerprint density at radius 3 is 1.76 bits per heavy atom. The van der Waals surface area contributed by atoms with Crippen LogP contribution in [0.3, 0.4) is 0 Å². The van der Waals surface area contributed by atoms with Crippen LogP contribution in [0.1, 0.15) is 25.7 Å². The largest absolute Gasteiger partial charge is 0.370 e. The lowest BCUT2D eigenvalue weighted by Crippen LogP contribution is -2.39. The Kier molecular flexibility index (Phi) is 11.5. The van der Waals surface area contributed by atoms with Crippen LogP contribution in [0.15, 0.2) is 63.5 Å². The zero-order chi connectivity index (χ0) is 24.8. The molecule has 9 N–H and O–H groups in total. The number of anilines is 2. The molecule has 2 amide bonds. The van der Waals surface area contributed by atoms with Gasteiger partial charge in [-0.05, 0) is 61.4 Å². The molecule has 34 heavy (non-hydrogen) atoms. The Bertz CT molecular complexity index is 1010. The first-order chi connectivity index (χ1) is 16.3. The molecule has 0 aromatic heterocycles. The van der Waals surface area contributed by atoms with Crippen LogP contribution in [0.5, 0.6) is 0 Å². The Morgan fingerprint density at radius 1 is 0.706 bits per heavy atom. The summed E-state index contributed by atoms with van der Waals surface area (Å²) in [6, 6.07) is 13.3. The fourth-order valence-corrected chi connectivity index (χ4v) is 2.94. The second-order valence-corrected chi connectivity index (χ2v) is 8.01. The van der Waals surface area contributed by atoms with Gasteiger partial charge in [-0.1, -0.05) is 36.0 Å². The third-order valence-corrected chi connectivity index (χ3v) is 4.82. The molecule has 0 radical (unpaired) electrons. The first kappa shape index (κ1) is 26.7. The Balaban J connectivity index is 1.57. The van der Waals surface area contributed by atoms with Crippen molar-refractivity contribution in [2.45, 2.75) is 25.7 Å². The molecule has 0 aliphatic heterocycles. The van der Waals surface area contributed by atoms with Gasteiger partial charge in [0.05, 0.1) is 0 Å². The molecule has 0 spiro atoms. The van der Waals surface area contributed by atoms with E-state index in [1.807, 2.05) is 0 Å². The molecule has 10 nitrogen and oxygen atoms in total. The van der Waals surface area contributed by atoms with E-state index in [0.29, 0.717) is 28.8 Å². The van der Waals surface area contributed by atoms with Crippen molar-refractivity contribution < 1.29 is 4.79 Å². The fourth-order valence-electron chi connectivity index (χ4n) is 2.69. The van der Waals surface area contributed by atoms with Crippen LogP contribution < -0.4 is 33.2 Å². The standard InChI is InChI=1S/C22H29Cl2N9O/c23-15-5-9-17(10-6-15)30-21(27)32-19(25)28-13-3-1-2-4-14-29-20(26)33-22(34)31-18-11-7-16(24)8-12-18/h5-12H,1-4,13-14H2,(H5,25,27,28,30,32)(H4,26,29,31,33,34). The van der Waals surface area contributed by atoms with Crippen LogP contribution in [-0.4, -0.2) is 37.0 Å². The van der Waals surface area contributed by atoms with E-state index in [0.717, 1.165) is 31.4 Å². The minimum Gasteiger partial charge on any atom is -0.370 e. The van der Waals surface area contributed by atoms with Crippen LogP contribution >= 0.6 is 23.2 Å². The number of benzene rings is 2. The van der Waals surface area contributed by atoms with Crippen molar-refractivity contribution in [2.24, 2.45) is 32.2 Å². The van der Waals surface area contributed by atoms with Gasteiger partial charge in [-0.15, -0.1) is 0 Å². The fraction of sp³-hybridized carbons (Fsp3) is 0.273. The molecule has 0 atom stereocenters. The van der Waals surface area contributed by atoms with E-state index in [1.54, 1.807) is 48.5 Å². The summed E-state index contributed by atoms with van der Waals surface area (Å²) >= 11 is 11.7. The van der Waals surface area contributed by atoms with E-state index in [9.17, 15) is 4.79 Å². The number of amides is 2. The Hall–Kier alpha value is -3.50. The molecule has 0 saturated carbocycles. The van der Waals surface area contributed by atoms with E-state index in [4.69, 9.17) is 40.4 Å². The number of urea groups is 1. The summed E-state index contributed by atoms with van der Waals surface area (Å²) in [5, 5.41) is 9.25. The van der Waals surface area contributed by atoms with Gasteiger partial charge < -0.3 is 27.8 Å². The Morgan fingerprint density at radius 2 is 1.21 bits per heavy atom. The maximum Gasteiger partial charge on any atom is 0.325 e. The van der Waals surface area contributed by atoms with E-state index >= 15 is 0 Å². The summed E-state index contributed by atoms with van der Waals surface area (Å²) in [6.45, 7) is 1.05. The number of rotatable bonds is 9. The average Bonchev–Trinajstić information content (AvgIpc) is 2.78. The zero-order valence-corrected chi connectivity index (χ0v) is 20.1. The summed E-state index contributed by atoms with van der Waals surface area (Å²) in [6.07, 6.45) is 3.56. The van der Waals surface area contributed by atoms with Crippen LogP contribution in [0.25, 0.3) is 0 Å². The molecule has 2 rings (SSSR count). The second-order valence-electron chi connectivity index (χ2n) is 7.14. The van der Waals surface area contributed by atoms with Gasteiger partial charge in [-0.25, -0.2) is 4.79 Å². The molecule has 0 saturated heterocycles.